The van der Waals surface area contributed by atoms with E-state index in [0.717, 1.165) is 36.0 Å². The highest BCUT2D eigenvalue weighted by Gasteiger charge is 2.37. The SMILES string of the molecule is CCCCCCN(C(=O)C(CO)NC(=O)OC(C)(C)C)C(C(=O)Nc1ccccc1C)c1cccc(C)c1C. The number of amides is 3. The number of benzene rings is 2. The van der Waals surface area contributed by atoms with Gasteiger partial charge < -0.3 is 25.4 Å². The van der Waals surface area contributed by atoms with Gasteiger partial charge in [-0.3, -0.25) is 9.59 Å². The molecule has 8 heteroatoms. The third-order valence-corrected chi connectivity index (χ3v) is 6.61. The molecule has 2 rings (SSSR count). The summed E-state index contributed by atoms with van der Waals surface area (Å²) in [5.74, 6) is -0.915. The highest BCUT2D eigenvalue weighted by atomic mass is 16.6. The summed E-state index contributed by atoms with van der Waals surface area (Å²) in [6.07, 6.45) is 2.74. The number of ether oxygens (including phenoxy) is 1. The topological polar surface area (TPSA) is 108 Å². The zero-order valence-corrected chi connectivity index (χ0v) is 24.5. The minimum absolute atomic E-state index is 0.282. The van der Waals surface area contributed by atoms with Crippen LogP contribution >= 0.6 is 0 Å². The van der Waals surface area contributed by atoms with Gasteiger partial charge in [0.05, 0.1) is 6.61 Å². The molecule has 0 fully saturated rings. The third-order valence-electron chi connectivity index (χ3n) is 6.61. The van der Waals surface area contributed by atoms with Crippen LogP contribution in [0.15, 0.2) is 42.5 Å². The number of nitrogens with one attached hydrogen (secondary N) is 2. The van der Waals surface area contributed by atoms with Crippen LogP contribution < -0.4 is 10.6 Å². The molecule has 0 heterocycles. The number of para-hydroxylation sites is 1. The summed E-state index contributed by atoms with van der Waals surface area (Å²) in [5.41, 5.74) is 3.35. The molecule has 0 aromatic heterocycles. The van der Waals surface area contributed by atoms with Crippen LogP contribution in [-0.2, 0) is 14.3 Å². The lowest BCUT2D eigenvalue weighted by Gasteiger charge is -2.35. The van der Waals surface area contributed by atoms with E-state index in [4.69, 9.17) is 4.74 Å². The summed E-state index contributed by atoms with van der Waals surface area (Å²) in [5, 5.41) is 15.7. The summed E-state index contributed by atoms with van der Waals surface area (Å²) in [7, 11) is 0. The van der Waals surface area contributed by atoms with Crippen LogP contribution in [0.3, 0.4) is 0 Å². The van der Waals surface area contributed by atoms with Gasteiger partial charge >= 0.3 is 6.09 Å². The monoisotopic (exact) mass is 539 g/mol. The van der Waals surface area contributed by atoms with E-state index in [9.17, 15) is 19.5 Å². The molecule has 214 valence electrons. The van der Waals surface area contributed by atoms with Crippen LogP contribution in [0.1, 0.15) is 81.7 Å². The first-order chi connectivity index (χ1) is 18.4. The Hall–Kier alpha value is -3.39. The van der Waals surface area contributed by atoms with Gasteiger partial charge in [0.25, 0.3) is 5.91 Å². The Labute approximate surface area is 233 Å². The van der Waals surface area contributed by atoms with Crippen LogP contribution in [0.25, 0.3) is 0 Å². The van der Waals surface area contributed by atoms with E-state index in [-0.39, 0.29) is 12.5 Å². The number of aryl methyl sites for hydroxylation is 2. The van der Waals surface area contributed by atoms with Gasteiger partial charge in [0.2, 0.25) is 5.91 Å². The largest absolute Gasteiger partial charge is 0.444 e. The van der Waals surface area contributed by atoms with Crippen molar-refractivity contribution in [2.45, 2.75) is 91.8 Å². The number of aliphatic hydroxyl groups excluding tert-OH is 1. The Bertz CT molecular complexity index is 1130. The Morgan fingerprint density at radius 1 is 0.949 bits per heavy atom. The molecule has 3 amide bonds. The zero-order valence-electron chi connectivity index (χ0n) is 24.5. The van der Waals surface area contributed by atoms with Crippen molar-refractivity contribution in [3.05, 3.63) is 64.7 Å². The second kappa shape index (κ2) is 14.7. The van der Waals surface area contributed by atoms with E-state index in [0.29, 0.717) is 17.7 Å². The maximum atomic E-state index is 14.0. The molecule has 2 atom stereocenters. The van der Waals surface area contributed by atoms with E-state index >= 15 is 0 Å². The van der Waals surface area contributed by atoms with E-state index in [2.05, 4.69) is 17.6 Å². The van der Waals surface area contributed by atoms with Crippen LogP contribution in [0, 0.1) is 20.8 Å². The predicted octanol–water partition coefficient (Wildman–Crippen LogP) is 5.59. The molecule has 8 nitrogen and oxygen atoms in total. The Kier molecular flexibility index (Phi) is 12.0. The lowest BCUT2D eigenvalue weighted by Crippen LogP contribution is -2.54. The van der Waals surface area contributed by atoms with Crippen molar-refractivity contribution in [3.8, 4) is 0 Å². The number of hydrogen-bond acceptors (Lipinski definition) is 5. The van der Waals surface area contributed by atoms with Crippen molar-refractivity contribution in [2.24, 2.45) is 0 Å². The molecule has 0 bridgehead atoms. The van der Waals surface area contributed by atoms with Gasteiger partial charge in [0.15, 0.2) is 0 Å². The molecule has 39 heavy (non-hydrogen) atoms. The Morgan fingerprint density at radius 2 is 1.62 bits per heavy atom. The highest BCUT2D eigenvalue weighted by Crippen LogP contribution is 2.29. The fraction of sp³-hybridized carbons (Fsp3) is 0.516. The molecule has 2 unspecified atom stereocenters. The van der Waals surface area contributed by atoms with Gasteiger partial charge in [-0.2, -0.15) is 0 Å². The average molecular weight is 540 g/mol. The molecule has 0 aliphatic heterocycles. The number of unbranched alkanes of at least 4 members (excludes halogenated alkanes) is 3. The molecule has 0 spiro atoms. The lowest BCUT2D eigenvalue weighted by atomic mass is 9.94. The van der Waals surface area contributed by atoms with Gasteiger partial charge in [0.1, 0.15) is 17.7 Å². The van der Waals surface area contributed by atoms with Gasteiger partial charge in [-0.15, -0.1) is 0 Å². The van der Waals surface area contributed by atoms with Crippen molar-refractivity contribution in [3.63, 3.8) is 0 Å². The molecule has 2 aromatic carbocycles. The molecule has 2 aromatic rings. The zero-order chi connectivity index (χ0) is 29.2. The van der Waals surface area contributed by atoms with E-state index < -0.39 is 36.3 Å². The predicted molar refractivity (Wildman–Crippen MR) is 155 cm³/mol. The fourth-order valence-electron chi connectivity index (χ4n) is 4.35. The van der Waals surface area contributed by atoms with Crippen LogP contribution in [0.5, 0.6) is 0 Å². The molecular weight excluding hydrogens is 494 g/mol. The number of carbonyl (C=O) groups excluding carboxylic acids is 3. The Balaban J connectivity index is 2.54. The first kappa shape index (κ1) is 31.8. The number of hydrogen-bond donors (Lipinski definition) is 3. The van der Waals surface area contributed by atoms with Gasteiger partial charge in [-0.1, -0.05) is 62.6 Å². The highest BCUT2D eigenvalue weighted by molar-refractivity contribution is 5.99. The molecule has 0 saturated carbocycles. The normalized spacial score (nSPS) is 12.8. The summed E-state index contributed by atoms with van der Waals surface area (Å²) in [6, 6.07) is 10.9. The standard InChI is InChI=1S/C31H45N3O5/c1-8-9-10-13-19-34(29(37)26(20-35)33-30(38)39-31(5,6)7)27(24-17-14-16-21(2)23(24)4)28(36)32-25-18-12-11-15-22(25)3/h11-12,14-18,26-27,35H,8-10,13,19-20H2,1-7H3,(H,32,36)(H,33,38). The average Bonchev–Trinajstić information content (AvgIpc) is 2.86. The number of aliphatic hydroxyl groups is 1. The summed E-state index contributed by atoms with van der Waals surface area (Å²) in [6.45, 7) is 12.7. The minimum Gasteiger partial charge on any atom is -0.444 e. The number of alkyl carbamates (subject to hydrolysis) is 1. The second-order valence-electron chi connectivity index (χ2n) is 11.0. The number of nitrogens with zero attached hydrogens (tertiary/aromatic N) is 1. The van der Waals surface area contributed by atoms with Crippen molar-refractivity contribution < 1.29 is 24.2 Å². The maximum absolute atomic E-state index is 14.0. The molecule has 0 aliphatic rings. The lowest BCUT2D eigenvalue weighted by molar-refractivity contribution is -0.141. The van der Waals surface area contributed by atoms with Gasteiger partial charge in [-0.05, 0) is 76.3 Å². The minimum atomic E-state index is -1.27. The van der Waals surface area contributed by atoms with Crippen LogP contribution in [0.2, 0.25) is 0 Å². The molecule has 0 aliphatic carbocycles. The molecule has 0 saturated heterocycles. The van der Waals surface area contributed by atoms with Crippen molar-refractivity contribution >= 4 is 23.6 Å². The van der Waals surface area contributed by atoms with Gasteiger partial charge in [-0.25, -0.2) is 4.79 Å². The summed E-state index contributed by atoms with van der Waals surface area (Å²) in [4.78, 5) is 42.0. The van der Waals surface area contributed by atoms with E-state index in [1.54, 1.807) is 20.8 Å². The van der Waals surface area contributed by atoms with Crippen molar-refractivity contribution in [2.75, 3.05) is 18.5 Å². The number of rotatable bonds is 12. The first-order valence-corrected chi connectivity index (χ1v) is 13.7. The summed E-state index contributed by atoms with van der Waals surface area (Å²) < 4.78 is 5.32. The van der Waals surface area contributed by atoms with Crippen molar-refractivity contribution in [1.82, 2.24) is 10.2 Å². The van der Waals surface area contributed by atoms with Crippen LogP contribution in [0.4, 0.5) is 10.5 Å². The van der Waals surface area contributed by atoms with Crippen molar-refractivity contribution in [1.29, 1.82) is 0 Å². The fourth-order valence-corrected chi connectivity index (χ4v) is 4.35. The second-order valence-corrected chi connectivity index (χ2v) is 11.0. The number of anilines is 1. The van der Waals surface area contributed by atoms with E-state index in [1.165, 1.54) is 4.90 Å². The van der Waals surface area contributed by atoms with Crippen LogP contribution in [-0.4, -0.2) is 52.7 Å². The molecule has 0 radical (unpaired) electrons. The smallest absolute Gasteiger partial charge is 0.408 e. The number of carbonyl (C=O) groups is 3. The first-order valence-electron chi connectivity index (χ1n) is 13.7. The Morgan fingerprint density at radius 3 is 2.23 bits per heavy atom. The van der Waals surface area contributed by atoms with Gasteiger partial charge in [0, 0.05) is 12.2 Å². The quantitative estimate of drug-likeness (QED) is 0.305. The summed E-state index contributed by atoms with van der Waals surface area (Å²) >= 11 is 0. The molecule has 3 N–H and O–H groups in total. The third kappa shape index (κ3) is 9.39. The van der Waals surface area contributed by atoms with E-state index in [1.807, 2.05) is 63.2 Å². The maximum Gasteiger partial charge on any atom is 0.408 e. The molecular formula is C31H45N3O5.